The highest BCUT2D eigenvalue weighted by Gasteiger charge is 2.27. The quantitative estimate of drug-likeness (QED) is 0.0211. The number of hydrogen-bond donors (Lipinski definition) is 1. The Kier molecular flexibility index (Phi) is 71.7. The molecule has 0 aliphatic heterocycles. The maximum atomic E-state index is 12.9. The number of phosphoric acid groups is 1. The van der Waals surface area contributed by atoms with Crippen LogP contribution in [0.4, 0.5) is 0 Å². The molecule has 0 aromatic rings. The molecule has 0 bridgehead atoms. The number of likely N-dealkylation sites (N-methyl/N-ethyl adjacent to an activating group) is 1. The lowest BCUT2D eigenvalue weighted by molar-refractivity contribution is -0.870. The second-order valence-corrected chi connectivity index (χ2v) is 29.5. The van der Waals surface area contributed by atoms with Crippen LogP contribution in [0.1, 0.15) is 373 Å². The van der Waals surface area contributed by atoms with Gasteiger partial charge in [0, 0.05) is 12.8 Å². The summed E-state index contributed by atoms with van der Waals surface area (Å²) in [5.41, 5.74) is 0. The van der Waals surface area contributed by atoms with E-state index in [0.29, 0.717) is 17.4 Å². The van der Waals surface area contributed by atoms with Gasteiger partial charge in [-0.05, 0) is 96.3 Å². The fraction of sp³-hybridized carbons (Fsp3) is 0.786. The van der Waals surface area contributed by atoms with E-state index in [1.54, 1.807) is 0 Å². The molecule has 0 aliphatic carbocycles. The van der Waals surface area contributed by atoms with Crippen LogP contribution in [0.25, 0.3) is 0 Å². The van der Waals surface area contributed by atoms with Crippen molar-refractivity contribution in [3.05, 3.63) is 97.2 Å². The van der Waals surface area contributed by atoms with E-state index in [2.05, 4.69) is 111 Å². The van der Waals surface area contributed by atoms with Gasteiger partial charge in [-0.3, -0.25) is 18.6 Å². The van der Waals surface area contributed by atoms with Crippen molar-refractivity contribution in [2.75, 3.05) is 47.5 Å². The summed E-state index contributed by atoms with van der Waals surface area (Å²) in [5.74, 6) is -0.800. The zero-order valence-electron chi connectivity index (χ0n) is 62.4. The van der Waals surface area contributed by atoms with Crippen molar-refractivity contribution in [2.45, 2.75) is 380 Å². The Labute approximate surface area is 583 Å². The standard InChI is InChI=1S/C84H152NO8P/c1-6-8-10-12-14-16-18-20-22-24-26-28-30-32-34-36-37-38-39-40-41-42-43-44-45-46-47-49-50-52-54-56-58-60-62-64-66-68-70-72-74-76-83(86)90-80-82(81-92-94(88,89)91-79-78-85(3,4)5)93-84(87)77-75-73-71-69-67-65-63-61-59-57-55-53-51-48-35-33-31-29-27-25-23-21-19-17-15-13-11-9-7-2/h9,11,15,17,21,23-24,26-27,29,33,35,51,53,57,59,82H,6-8,10,12-14,16,18-20,22,25,28,30-32,34,36-50,52,54-56,58,60-81H2,1-5H3/p+1/b11-9-,17-15-,23-21-,26-24-,29-27-,35-33-,53-51-,59-57-. The third-order valence-corrected chi connectivity index (χ3v) is 18.6. The van der Waals surface area contributed by atoms with Gasteiger partial charge in [-0.15, -0.1) is 0 Å². The highest BCUT2D eigenvalue weighted by Crippen LogP contribution is 2.43. The fourth-order valence-corrected chi connectivity index (χ4v) is 12.3. The molecular formula is C84H153NO8P+. The molecule has 10 heteroatoms. The van der Waals surface area contributed by atoms with Crippen molar-refractivity contribution in [2.24, 2.45) is 0 Å². The first-order valence-electron chi connectivity index (χ1n) is 40.0. The van der Waals surface area contributed by atoms with Crippen molar-refractivity contribution >= 4 is 19.8 Å². The van der Waals surface area contributed by atoms with Crippen molar-refractivity contribution in [1.29, 1.82) is 0 Å². The first-order valence-corrected chi connectivity index (χ1v) is 41.5. The number of allylic oxidation sites excluding steroid dienone is 16. The van der Waals surface area contributed by atoms with Crippen LogP contribution >= 0.6 is 7.82 Å². The van der Waals surface area contributed by atoms with Crippen LogP contribution in [0, 0.1) is 0 Å². The molecule has 0 radical (unpaired) electrons. The van der Waals surface area contributed by atoms with Crippen LogP contribution in [0.15, 0.2) is 97.2 Å². The lowest BCUT2D eigenvalue weighted by Crippen LogP contribution is -2.37. The number of quaternary nitrogens is 1. The maximum Gasteiger partial charge on any atom is 0.472 e. The molecule has 0 saturated heterocycles. The van der Waals surface area contributed by atoms with Gasteiger partial charge in [-0.2, -0.15) is 0 Å². The summed E-state index contributed by atoms with van der Waals surface area (Å²) in [4.78, 5) is 36.0. The molecular weight excluding hydrogens is 1180 g/mol. The topological polar surface area (TPSA) is 108 Å². The van der Waals surface area contributed by atoms with E-state index in [1.165, 1.54) is 250 Å². The maximum absolute atomic E-state index is 12.9. The molecule has 0 aromatic heterocycles. The molecule has 1 N–H and O–H groups in total. The van der Waals surface area contributed by atoms with Crippen LogP contribution < -0.4 is 0 Å². The number of carbonyl (C=O) groups is 2. The van der Waals surface area contributed by atoms with E-state index >= 15 is 0 Å². The molecule has 0 fully saturated rings. The summed E-state index contributed by atoms with van der Waals surface area (Å²) in [6.45, 7) is 4.35. The lowest BCUT2D eigenvalue weighted by Gasteiger charge is -2.24. The molecule has 94 heavy (non-hydrogen) atoms. The molecule has 0 rings (SSSR count). The van der Waals surface area contributed by atoms with Crippen LogP contribution in [0.2, 0.25) is 0 Å². The smallest absolute Gasteiger partial charge is 0.462 e. The molecule has 0 aromatic carbocycles. The Morgan fingerprint density at radius 2 is 0.606 bits per heavy atom. The van der Waals surface area contributed by atoms with Gasteiger partial charge in [0.2, 0.25) is 0 Å². The average molecular weight is 1340 g/mol. The predicted molar refractivity (Wildman–Crippen MR) is 408 cm³/mol. The van der Waals surface area contributed by atoms with Gasteiger partial charge in [-0.25, -0.2) is 4.57 Å². The Bertz CT molecular complexity index is 1910. The number of unbranched alkanes of at least 4 members (excludes halogenated alkanes) is 44. The van der Waals surface area contributed by atoms with Crippen LogP contribution in [0.5, 0.6) is 0 Å². The van der Waals surface area contributed by atoms with Crippen molar-refractivity contribution in [3.63, 3.8) is 0 Å². The summed E-state index contributed by atoms with van der Waals surface area (Å²) >= 11 is 0. The largest absolute Gasteiger partial charge is 0.472 e. The first-order chi connectivity index (χ1) is 46.0. The third-order valence-electron chi connectivity index (χ3n) is 17.6. The highest BCUT2D eigenvalue weighted by atomic mass is 31.2. The zero-order chi connectivity index (χ0) is 68.3. The van der Waals surface area contributed by atoms with Crippen LogP contribution in [0.3, 0.4) is 0 Å². The molecule has 0 aliphatic rings. The Balaban J connectivity index is 3.94. The molecule has 9 nitrogen and oxygen atoms in total. The van der Waals surface area contributed by atoms with Gasteiger partial charge < -0.3 is 18.9 Å². The Hall–Kier alpha value is -3.07. The van der Waals surface area contributed by atoms with Gasteiger partial charge in [0.15, 0.2) is 6.10 Å². The van der Waals surface area contributed by atoms with Gasteiger partial charge in [-0.1, -0.05) is 361 Å². The van der Waals surface area contributed by atoms with E-state index < -0.39 is 26.5 Å². The molecule has 2 unspecified atom stereocenters. The number of esters is 2. The monoisotopic (exact) mass is 1340 g/mol. The van der Waals surface area contributed by atoms with E-state index in [-0.39, 0.29) is 32.0 Å². The average Bonchev–Trinajstić information content (AvgIpc) is 1.65. The van der Waals surface area contributed by atoms with Gasteiger partial charge >= 0.3 is 19.8 Å². The highest BCUT2D eigenvalue weighted by molar-refractivity contribution is 7.47. The Morgan fingerprint density at radius 1 is 0.340 bits per heavy atom. The van der Waals surface area contributed by atoms with Crippen LogP contribution in [-0.4, -0.2) is 74.9 Å². The van der Waals surface area contributed by atoms with E-state index in [9.17, 15) is 19.0 Å². The van der Waals surface area contributed by atoms with Crippen LogP contribution in [-0.2, 0) is 32.7 Å². The molecule has 0 saturated carbocycles. The van der Waals surface area contributed by atoms with E-state index in [0.717, 1.165) is 89.9 Å². The SMILES string of the molecule is CC/C=C\C/C=C\C/C=C\C/C=C\C/C=C\C/C=C\C/C=C\CCCCCCCCCC(=O)OC(COC(=O)CCCCCCCCCCCCCCCCCCCCCCCCCCCCCCC/C=C\CCCCCCCCCC)COP(=O)(O)OCC[N+](C)(C)C. The fourth-order valence-electron chi connectivity index (χ4n) is 11.5. The number of hydrogen-bond acceptors (Lipinski definition) is 7. The second-order valence-electron chi connectivity index (χ2n) is 28.1. The number of phosphoric ester groups is 1. The first kappa shape index (κ1) is 90.9. The molecule has 0 amide bonds. The summed E-state index contributed by atoms with van der Waals surface area (Å²) in [7, 11) is 1.47. The molecule has 0 spiro atoms. The second kappa shape index (κ2) is 74.2. The van der Waals surface area contributed by atoms with Gasteiger partial charge in [0.05, 0.1) is 27.7 Å². The minimum atomic E-state index is -4.40. The molecule has 0 heterocycles. The number of carbonyl (C=O) groups excluding carboxylic acids is 2. The summed E-state index contributed by atoms with van der Waals surface area (Å²) in [6.07, 6.45) is 104. The van der Waals surface area contributed by atoms with Crippen molar-refractivity contribution < 1.29 is 42.1 Å². The number of ether oxygens (including phenoxy) is 2. The summed E-state index contributed by atoms with van der Waals surface area (Å²) in [5, 5.41) is 0. The van der Waals surface area contributed by atoms with Crippen molar-refractivity contribution in [1.82, 2.24) is 0 Å². The number of rotatable bonds is 74. The summed E-state index contributed by atoms with van der Waals surface area (Å²) < 4.78 is 34.8. The zero-order valence-corrected chi connectivity index (χ0v) is 63.3. The molecule has 2 atom stereocenters. The minimum Gasteiger partial charge on any atom is -0.462 e. The van der Waals surface area contributed by atoms with E-state index in [1.807, 2.05) is 21.1 Å². The normalized spacial score (nSPS) is 13.6. The molecule has 546 valence electrons. The number of nitrogens with zero attached hydrogens (tertiary/aromatic N) is 1. The van der Waals surface area contributed by atoms with Crippen molar-refractivity contribution in [3.8, 4) is 0 Å². The van der Waals surface area contributed by atoms with Gasteiger partial charge in [0.1, 0.15) is 19.8 Å². The minimum absolute atomic E-state index is 0.0265. The lowest BCUT2D eigenvalue weighted by atomic mass is 10.0. The Morgan fingerprint density at radius 3 is 0.915 bits per heavy atom. The van der Waals surface area contributed by atoms with Gasteiger partial charge in [0.25, 0.3) is 0 Å². The van der Waals surface area contributed by atoms with E-state index in [4.69, 9.17) is 18.5 Å². The summed E-state index contributed by atoms with van der Waals surface area (Å²) in [6, 6.07) is 0. The predicted octanol–water partition coefficient (Wildman–Crippen LogP) is 26.6. The third kappa shape index (κ3) is 77.9.